The molecule has 2 rings (SSSR count). The second-order valence-corrected chi connectivity index (χ2v) is 5.08. The number of nitriles is 1. The molecule has 0 aliphatic rings. The van der Waals surface area contributed by atoms with Crippen LogP contribution in [0, 0.1) is 17.1 Å². The van der Waals surface area contributed by atoms with Crippen LogP contribution in [0.1, 0.15) is 6.42 Å². The number of anilines is 2. The number of ether oxygens (including phenoxy) is 1. The molecule has 0 aliphatic heterocycles. The molecule has 2 aromatic rings. The van der Waals surface area contributed by atoms with Gasteiger partial charge in [0.15, 0.2) is 5.11 Å². The molecule has 0 fully saturated rings. The van der Waals surface area contributed by atoms with E-state index in [4.69, 9.17) is 22.2 Å². The number of nitrogens with zero attached hydrogens (tertiary/aromatic N) is 2. The fourth-order valence-electron chi connectivity index (χ4n) is 2.00. The summed E-state index contributed by atoms with van der Waals surface area (Å²) in [4.78, 5) is 1.77. The number of methoxy groups -OCH3 is 1. The Hall–Kier alpha value is -2.65. The van der Waals surface area contributed by atoms with Crippen LogP contribution in [0.4, 0.5) is 15.8 Å². The fourth-order valence-corrected chi connectivity index (χ4v) is 2.31. The zero-order chi connectivity index (χ0) is 16.7. The molecular formula is C17H16FN3OS. The maximum Gasteiger partial charge on any atom is 0.177 e. The van der Waals surface area contributed by atoms with Crippen LogP contribution in [0.2, 0.25) is 0 Å². The Bertz CT molecular complexity index is 695. The molecule has 0 atom stereocenters. The molecule has 1 N–H and O–H groups in total. The normalized spacial score (nSPS) is 9.78. The first-order valence-electron chi connectivity index (χ1n) is 6.99. The van der Waals surface area contributed by atoms with Crippen LogP contribution in [0.3, 0.4) is 0 Å². The molecule has 0 spiro atoms. The lowest BCUT2D eigenvalue weighted by molar-refractivity contribution is 0.415. The Morgan fingerprint density at radius 2 is 1.87 bits per heavy atom. The molecule has 0 bridgehead atoms. The van der Waals surface area contributed by atoms with E-state index in [1.165, 1.54) is 12.1 Å². The van der Waals surface area contributed by atoms with Gasteiger partial charge >= 0.3 is 0 Å². The van der Waals surface area contributed by atoms with Crippen molar-refractivity contribution in [3.05, 3.63) is 54.3 Å². The topological polar surface area (TPSA) is 48.3 Å². The molecule has 0 amide bonds. The number of rotatable bonds is 5. The van der Waals surface area contributed by atoms with Crippen LogP contribution in [0.15, 0.2) is 48.5 Å². The first-order valence-corrected chi connectivity index (χ1v) is 7.40. The lowest BCUT2D eigenvalue weighted by Crippen LogP contribution is -2.35. The number of hydrogen-bond donors (Lipinski definition) is 1. The summed E-state index contributed by atoms with van der Waals surface area (Å²) in [6, 6.07) is 15.4. The van der Waals surface area contributed by atoms with E-state index >= 15 is 0 Å². The van der Waals surface area contributed by atoms with Crippen LogP contribution in [0.25, 0.3) is 0 Å². The SMILES string of the molecule is COc1ccc(NC(=S)N(CCC#N)c2ccc(F)cc2)cc1. The fraction of sp³-hybridized carbons (Fsp3) is 0.176. The van der Waals surface area contributed by atoms with Gasteiger partial charge in [-0.15, -0.1) is 0 Å². The molecule has 0 aliphatic carbocycles. The monoisotopic (exact) mass is 329 g/mol. The maximum atomic E-state index is 13.1. The van der Waals surface area contributed by atoms with Crippen molar-refractivity contribution in [3.8, 4) is 11.8 Å². The number of benzene rings is 2. The van der Waals surface area contributed by atoms with Gasteiger partial charge in [-0.1, -0.05) is 0 Å². The molecule has 4 nitrogen and oxygen atoms in total. The number of hydrogen-bond acceptors (Lipinski definition) is 3. The average Bonchev–Trinajstić information content (AvgIpc) is 2.57. The summed E-state index contributed by atoms with van der Waals surface area (Å²) in [5.74, 6) is 0.435. The van der Waals surface area contributed by atoms with Crippen LogP contribution in [-0.2, 0) is 0 Å². The first kappa shape index (κ1) is 16.7. The Labute approximate surface area is 140 Å². The molecule has 0 aromatic heterocycles. The van der Waals surface area contributed by atoms with Gasteiger partial charge in [0, 0.05) is 17.9 Å². The molecule has 0 radical (unpaired) electrons. The third kappa shape index (κ3) is 4.66. The highest BCUT2D eigenvalue weighted by atomic mass is 32.1. The lowest BCUT2D eigenvalue weighted by atomic mass is 10.2. The number of halogens is 1. The Balaban J connectivity index is 2.15. The van der Waals surface area contributed by atoms with E-state index in [9.17, 15) is 4.39 Å². The second kappa shape index (κ2) is 8.11. The van der Waals surface area contributed by atoms with E-state index in [2.05, 4.69) is 11.4 Å². The largest absolute Gasteiger partial charge is 0.497 e. The van der Waals surface area contributed by atoms with Crippen molar-refractivity contribution < 1.29 is 9.13 Å². The first-order chi connectivity index (χ1) is 11.1. The summed E-state index contributed by atoms with van der Waals surface area (Å²) in [5, 5.41) is 12.4. The van der Waals surface area contributed by atoms with E-state index in [1.807, 2.05) is 24.3 Å². The summed E-state index contributed by atoms with van der Waals surface area (Å²) in [5.41, 5.74) is 1.53. The van der Waals surface area contributed by atoms with Gasteiger partial charge in [0.05, 0.1) is 19.6 Å². The van der Waals surface area contributed by atoms with Crippen molar-refractivity contribution in [3.63, 3.8) is 0 Å². The van der Waals surface area contributed by atoms with Gasteiger partial charge in [0.2, 0.25) is 0 Å². The van der Waals surface area contributed by atoms with E-state index in [0.29, 0.717) is 18.1 Å². The van der Waals surface area contributed by atoms with Gasteiger partial charge in [-0.25, -0.2) is 4.39 Å². The van der Waals surface area contributed by atoms with Crippen LogP contribution in [-0.4, -0.2) is 18.8 Å². The third-order valence-electron chi connectivity index (χ3n) is 3.17. The number of nitrogens with one attached hydrogen (secondary N) is 1. The minimum absolute atomic E-state index is 0.307. The highest BCUT2D eigenvalue weighted by Gasteiger charge is 2.12. The Morgan fingerprint density at radius 3 is 2.43 bits per heavy atom. The van der Waals surface area contributed by atoms with Gasteiger partial charge in [0.1, 0.15) is 11.6 Å². The zero-order valence-electron chi connectivity index (χ0n) is 12.6. The predicted octanol–water partition coefficient (Wildman–Crippen LogP) is 3.95. The number of thiocarbonyl (C=S) groups is 1. The third-order valence-corrected chi connectivity index (χ3v) is 3.49. The van der Waals surface area contributed by atoms with Gasteiger partial charge in [0.25, 0.3) is 0 Å². The van der Waals surface area contributed by atoms with Crippen molar-refractivity contribution in [2.24, 2.45) is 0 Å². The van der Waals surface area contributed by atoms with E-state index in [1.54, 1.807) is 24.1 Å². The second-order valence-electron chi connectivity index (χ2n) is 4.69. The zero-order valence-corrected chi connectivity index (χ0v) is 13.4. The quantitative estimate of drug-likeness (QED) is 0.842. The minimum atomic E-state index is -0.317. The Morgan fingerprint density at radius 1 is 1.22 bits per heavy atom. The summed E-state index contributed by atoms with van der Waals surface area (Å²) in [7, 11) is 1.60. The highest BCUT2D eigenvalue weighted by molar-refractivity contribution is 7.80. The average molecular weight is 329 g/mol. The van der Waals surface area contributed by atoms with E-state index < -0.39 is 0 Å². The summed E-state index contributed by atoms with van der Waals surface area (Å²) < 4.78 is 18.2. The van der Waals surface area contributed by atoms with Gasteiger partial charge in [-0.2, -0.15) is 5.26 Å². The standard InChI is InChI=1S/C17H16FN3OS/c1-22-16-9-5-14(6-10-16)20-17(23)21(12-2-11-19)15-7-3-13(18)4-8-15/h3-10H,2,12H2,1H3,(H,20,23). The van der Waals surface area contributed by atoms with Crippen molar-refractivity contribution in [1.29, 1.82) is 5.26 Å². The molecule has 2 aromatic carbocycles. The summed E-state index contributed by atoms with van der Waals surface area (Å²) in [6.45, 7) is 0.421. The van der Waals surface area contributed by atoms with Crippen molar-refractivity contribution in [2.45, 2.75) is 6.42 Å². The van der Waals surface area contributed by atoms with Crippen LogP contribution in [0.5, 0.6) is 5.75 Å². The molecule has 23 heavy (non-hydrogen) atoms. The molecular weight excluding hydrogens is 313 g/mol. The summed E-state index contributed by atoms with van der Waals surface area (Å²) >= 11 is 5.43. The molecule has 0 saturated heterocycles. The molecule has 0 heterocycles. The van der Waals surface area contributed by atoms with Crippen molar-refractivity contribution >= 4 is 28.7 Å². The van der Waals surface area contributed by atoms with E-state index in [0.717, 1.165) is 17.1 Å². The minimum Gasteiger partial charge on any atom is -0.497 e. The van der Waals surface area contributed by atoms with Crippen molar-refractivity contribution in [1.82, 2.24) is 0 Å². The van der Waals surface area contributed by atoms with Crippen molar-refractivity contribution in [2.75, 3.05) is 23.9 Å². The van der Waals surface area contributed by atoms with Crippen LogP contribution >= 0.6 is 12.2 Å². The van der Waals surface area contributed by atoms with Gasteiger partial charge in [-0.3, -0.25) is 0 Å². The smallest absolute Gasteiger partial charge is 0.177 e. The molecule has 0 saturated carbocycles. The lowest BCUT2D eigenvalue weighted by Gasteiger charge is -2.25. The molecule has 6 heteroatoms. The van der Waals surface area contributed by atoms with Crippen LogP contribution < -0.4 is 15.0 Å². The molecule has 118 valence electrons. The Kier molecular flexibility index (Phi) is 5.89. The summed E-state index contributed by atoms with van der Waals surface area (Å²) in [6.07, 6.45) is 0.307. The maximum absolute atomic E-state index is 13.1. The van der Waals surface area contributed by atoms with Gasteiger partial charge in [-0.05, 0) is 60.7 Å². The van der Waals surface area contributed by atoms with E-state index in [-0.39, 0.29) is 5.82 Å². The molecule has 0 unspecified atom stereocenters. The van der Waals surface area contributed by atoms with Gasteiger partial charge < -0.3 is 15.0 Å². The highest BCUT2D eigenvalue weighted by Crippen LogP contribution is 2.19. The predicted molar refractivity (Wildman–Crippen MR) is 93.2 cm³/mol.